The number of halogens is 1. The SMILES string of the molecule is CCN(CC)Cc1ccc(CN=C(N)NCC2CCCN2CC)cc1.I. The largest absolute Gasteiger partial charge is 0.370 e. The Morgan fingerprint density at radius 1 is 1.19 bits per heavy atom. The molecule has 0 aliphatic carbocycles. The number of likely N-dealkylation sites (N-methyl/N-ethyl adjacent to an activating group) is 1. The molecule has 1 atom stereocenters. The highest BCUT2D eigenvalue weighted by Gasteiger charge is 2.22. The average Bonchev–Trinajstić information content (AvgIpc) is 3.11. The Labute approximate surface area is 176 Å². The molecule has 26 heavy (non-hydrogen) atoms. The van der Waals surface area contributed by atoms with Crippen LogP contribution >= 0.6 is 24.0 Å². The fraction of sp³-hybridized carbons (Fsp3) is 0.650. The zero-order valence-corrected chi connectivity index (χ0v) is 18.9. The third-order valence-electron chi connectivity index (χ3n) is 5.18. The number of likely N-dealkylation sites (tertiary alicyclic amines) is 1. The molecule has 0 spiro atoms. The monoisotopic (exact) mass is 473 g/mol. The van der Waals surface area contributed by atoms with Gasteiger partial charge in [0.1, 0.15) is 0 Å². The second kappa shape index (κ2) is 12.5. The van der Waals surface area contributed by atoms with Crippen molar-refractivity contribution in [3.8, 4) is 0 Å². The van der Waals surface area contributed by atoms with Gasteiger partial charge in [-0.25, -0.2) is 4.99 Å². The molecule has 0 amide bonds. The van der Waals surface area contributed by atoms with Gasteiger partial charge in [-0.05, 0) is 50.1 Å². The smallest absolute Gasteiger partial charge is 0.188 e. The first-order chi connectivity index (χ1) is 12.2. The predicted octanol–water partition coefficient (Wildman–Crippen LogP) is 3.04. The number of nitrogens with two attached hydrogens (primary N) is 1. The van der Waals surface area contributed by atoms with Crippen LogP contribution in [0.3, 0.4) is 0 Å². The van der Waals surface area contributed by atoms with Gasteiger partial charge in [0.25, 0.3) is 0 Å². The van der Waals surface area contributed by atoms with Crippen LogP contribution in [0.1, 0.15) is 44.7 Å². The van der Waals surface area contributed by atoms with E-state index < -0.39 is 0 Å². The summed E-state index contributed by atoms with van der Waals surface area (Å²) in [6.45, 7) is 13.7. The predicted molar refractivity (Wildman–Crippen MR) is 122 cm³/mol. The Morgan fingerprint density at radius 3 is 2.46 bits per heavy atom. The van der Waals surface area contributed by atoms with Crippen molar-refractivity contribution in [2.24, 2.45) is 10.7 Å². The van der Waals surface area contributed by atoms with E-state index in [-0.39, 0.29) is 24.0 Å². The van der Waals surface area contributed by atoms with Gasteiger partial charge in [0.15, 0.2) is 5.96 Å². The molecule has 5 nitrogen and oxygen atoms in total. The van der Waals surface area contributed by atoms with E-state index in [0.717, 1.165) is 32.7 Å². The lowest BCUT2D eigenvalue weighted by Crippen LogP contribution is -2.42. The van der Waals surface area contributed by atoms with Crippen LogP contribution in [0.2, 0.25) is 0 Å². The fourth-order valence-corrected chi connectivity index (χ4v) is 3.45. The van der Waals surface area contributed by atoms with Gasteiger partial charge in [-0.15, -0.1) is 24.0 Å². The number of hydrogen-bond donors (Lipinski definition) is 2. The minimum Gasteiger partial charge on any atom is -0.370 e. The molecular weight excluding hydrogens is 437 g/mol. The third kappa shape index (κ3) is 7.40. The Bertz CT molecular complexity index is 528. The van der Waals surface area contributed by atoms with E-state index in [1.165, 1.54) is 30.5 Å². The molecule has 2 rings (SSSR count). The number of guanidine groups is 1. The lowest BCUT2D eigenvalue weighted by atomic mass is 10.1. The number of nitrogens with one attached hydrogen (secondary N) is 1. The number of rotatable bonds is 9. The second-order valence-corrected chi connectivity index (χ2v) is 6.78. The molecule has 1 fully saturated rings. The van der Waals surface area contributed by atoms with E-state index in [1.54, 1.807) is 0 Å². The zero-order chi connectivity index (χ0) is 18.1. The average molecular weight is 473 g/mol. The topological polar surface area (TPSA) is 56.9 Å². The summed E-state index contributed by atoms with van der Waals surface area (Å²) in [7, 11) is 0. The number of nitrogens with zero attached hydrogens (tertiary/aromatic N) is 3. The van der Waals surface area contributed by atoms with E-state index in [2.05, 4.69) is 65.1 Å². The van der Waals surface area contributed by atoms with Gasteiger partial charge < -0.3 is 11.1 Å². The van der Waals surface area contributed by atoms with Gasteiger partial charge in [0.05, 0.1) is 6.54 Å². The molecular formula is C20H36IN5. The summed E-state index contributed by atoms with van der Waals surface area (Å²) in [5, 5.41) is 3.29. The van der Waals surface area contributed by atoms with E-state index in [0.29, 0.717) is 18.5 Å². The lowest BCUT2D eigenvalue weighted by molar-refractivity contribution is 0.267. The van der Waals surface area contributed by atoms with Crippen molar-refractivity contribution in [2.45, 2.75) is 52.7 Å². The molecule has 1 aromatic rings. The number of benzene rings is 1. The highest BCUT2D eigenvalue weighted by molar-refractivity contribution is 14.0. The molecule has 1 aliphatic rings. The summed E-state index contributed by atoms with van der Waals surface area (Å²) in [6.07, 6.45) is 2.54. The van der Waals surface area contributed by atoms with E-state index >= 15 is 0 Å². The van der Waals surface area contributed by atoms with Gasteiger partial charge >= 0.3 is 0 Å². The Hall–Kier alpha value is -0.860. The van der Waals surface area contributed by atoms with Crippen molar-refractivity contribution in [3.63, 3.8) is 0 Å². The first-order valence-electron chi connectivity index (χ1n) is 9.74. The van der Waals surface area contributed by atoms with Crippen LogP contribution in [0.25, 0.3) is 0 Å². The van der Waals surface area contributed by atoms with Crippen LogP contribution < -0.4 is 11.1 Å². The molecule has 0 saturated carbocycles. The van der Waals surface area contributed by atoms with Gasteiger partial charge in [-0.1, -0.05) is 45.0 Å². The zero-order valence-electron chi connectivity index (χ0n) is 16.6. The Morgan fingerprint density at radius 2 is 1.85 bits per heavy atom. The summed E-state index contributed by atoms with van der Waals surface area (Å²) in [4.78, 5) is 9.41. The molecule has 0 aromatic heterocycles. The van der Waals surface area contributed by atoms with Crippen LogP contribution in [0, 0.1) is 0 Å². The minimum absolute atomic E-state index is 0. The van der Waals surface area contributed by atoms with Crippen LogP contribution in [0.5, 0.6) is 0 Å². The Balaban J connectivity index is 0.00000338. The summed E-state index contributed by atoms with van der Waals surface area (Å²) >= 11 is 0. The molecule has 3 N–H and O–H groups in total. The third-order valence-corrected chi connectivity index (χ3v) is 5.18. The molecule has 0 radical (unpaired) electrons. The van der Waals surface area contributed by atoms with Crippen molar-refractivity contribution < 1.29 is 0 Å². The normalized spacial score (nSPS) is 18.2. The van der Waals surface area contributed by atoms with Crippen molar-refractivity contribution >= 4 is 29.9 Å². The van der Waals surface area contributed by atoms with Crippen LogP contribution in [-0.2, 0) is 13.1 Å². The molecule has 1 saturated heterocycles. The van der Waals surface area contributed by atoms with Crippen molar-refractivity contribution in [1.29, 1.82) is 0 Å². The van der Waals surface area contributed by atoms with Crippen LogP contribution in [0.4, 0.5) is 0 Å². The molecule has 148 valence electrons. The summed E-state index contributed by atoms with van der Waals surface area (Å²) in [5.74, 6) is 0.551. The number of hydrogen-bond acceptors (Lipinski definition) is 3. The summed E-state index contributed by atoms with van der Waals surface area (Å²) < 4.78 is 0. The number of aliphatic imine (C=N–C) groups is 1. The summed E-state index contributed by atoms with van der Waals surface area (Å²) in [6, 6.07) is 9.31. The maximum absolute atomic E-state index is 6.03. The first kappa shape index (κ1) is 23.2. The molecule has 0 bridgehead atoms. The van der Waals surface area contributed by atoms with Gasteiger partial charge in [-0.3, -0.25) is 9.80 Å². The molecule has 1 heterocycles. The highest BCUT2D eigenvalue weighted by Crippen LogP contribution is 2.15. The first-order valence-corrected chi connectivity index (χ1v) is 9.74. The van der Waals surface area contributed by atoms with Gasteiger partial charge in [0, 0.05) is 19.1 Å². The Kier molecular flexibility index (Phi) is 11.2. The van der Waals surface area contributed by atoms with Gasteiger partial charge in [0.2, 0.25) is 0 Å². The van der Waals surface area contributed by atoms with E-state index in [1.807, 2.05) is 0 Å². The lowest BCUT2D eigenvalue weighted by Gasteiger charge is -2.23. The molecule has 1 aromatic carbocycles. The second-order valence-electron chi connectivity index (χ2n) is 6.78. The molecule has 1 aliphatic heterocycles. The van der Waals surface area contributed by atoms with E-state index in [9.17, 15) is 0 Å². The molecule has 6 heteroatoms. The maximum Gasteiger partial charge on any atom is 0.188 e. The minimum atomic E-state index is 0. The van der Waals surface area contributed by atoms with Crippen molar-refractivity contribution in [1.82, 2.24) is 15.1 Å². The molecule has 1 unspecified atom stereocenters. The quantitative estimate of drug-likeness (QED) is 0.329. The van der Waals surface area contributed by atoms with E-state index in [4.69, 9.17) is 5.73 Å². The maximum atomic E-state index is 6.03. The van der Waals surface area contributed by atoms with Gasteiger partial charge in [-0.2, -0.15) is 0 Å². The fourth-order valence-electron chi connectivity index (χ4n) is 3.45. The van der Waals surface area contributed by atoms with Crippen LogP contribution in [0.15, 0.2) is 29.3 Å². The van der Waals surface area contributed by atoms with Crippen molar-refractivity contribution in [3.05, 3.63) is 35.4 Å². The standard InChI is InChI=1S/C20H35N5.HI/c1-4-24(5-2)16-18-11-9-17(10-12-18)14-22-20(21)23-15-19-8-7-13-25(19)6-3;/h9-12,19H,4-8,13-16H2,1-3H3,(H3,21,22,23);1H. The summed E-state index contributed by atoms with van der Waals surface area (Å²) in [5.41, 5.74) is 8.58. The van der Waals surface area contributed by atoms with Crippen molar-refractivity contribution in [2.75, 3.05) is 32.7 Å². The highest BCUT2D eigenvalue weighted by atomic mass is 127. The van der Waals surface area contributed by atoms with Crippen LogP contribution in [-0.4, -0.2) is 54.5 Å².